The minimum absolute atomic E-state index is 0.557. The largest absolute Gasteiger partial charge is 0.329 e. The Morgan fingerprint density at radius 2 is 2.00 bits per heavy atom. The highest BCUT2D eigenvalue weighted by molar-refractivity contribution is 4.38. The molecule has 0 atom stereocenters. The van der Waals surface area contributed by atoms with Crippen molar-refractivity contribution in [3.63, 3.8) is 0 Å². The number of likely N-dealkylation sites (N-methyl/N-ethyl adjacent to an activating group) is 1. The molecule has 3 N–H and O–H groups in total. The second-order valence-corrected chi connectivity index (χ2v) is 1.66. The normalized spacial score (nSPS) is 11.2. The van der Waals surface area contributed by atoms with Crippen LogP contribution in [0.2, 0.25) is 0 Å². The first-order valence-electron chi connectivity index (χ1n) is 2.52. The van der Waals surface area contributed by atoms with E-state index in [4.69, 9.17) is 10.9 Å². The summed E-state index contributed by atoms with van der Waals surface area (Å²) in [5.41, 5.74) is 5.19. The highest BCUT2D eigenvalue weighted by Gasteiger charge is 1.96. The predicted octanol–water partition coefficient (Wildman–Crippen LogP) is -0.887. The van der Waals surface area contributed by atoms with Gasteiger partial charge >= 0.3 is 0 Å². The van der Waals surface area contributed by atoms with Gasteiger partial charge in [-0.3, -0.25) is 5.21 Å². The highest BCUT2D eigenvalue weighted by atomic mass is 16.5. The molecule has 50 valence electrons. The third kappa shape index (κ3) is 2.92. The highest BCUT2D eigenvalue weighted by Crippen LogP contribution is 1.79. The molecule has 0 radical (unpaired) electrons. The molecule has 0 fully saturated rings. The van der Waals surface area contributed by atoms with E-state index in [1.54, 1.807) is 19.1 Å². The number of hydrazine groups is 1. The standard InChI is InChI=1S/C4H13N3O/c1-6(4-3-5)7(2)8/h8H,3-5H2,1-2H3. The van der Waals surface area contributed by atoms with E-state index >= 15 is 0 Å². The third-order valence-corrected chi connectivity index (χ3v) is 0.947. The van der Waals surface area contributed by atoms with Gasteiger partial charge in [0.15, 0.2) is 0 Å². The van der Waals surface area contributed by atoms with Crippen molar-refractivity contribution >= 4 is 0 Å². The molecule has 4 nitrogen and oxygen atoms in total. The van der Waals surface area contributed by atoms with Crippen LogP contribution in [0.4, 0.5) is 0 Å². The monoisotopic (exact) mass is 119 g/mol. The van der Waals surface area contributed by atoms with Crippen molar-refractivity contribution in [1.29, 1.82) is 0 Å². The van der Waals surface area contributed by atoms with Crippen molar-refractivity contribution in [2.24, 2.45) is 5.73 Å². The molecule has 8 heavy (non-hydrogen) atoms. The zero-order chi connectivity index (χ0) is 6.57. The average Bonchev–Trinajstić information content (AvgIpc) is 1.67. The Morgan fingerprint density at radius 1 is 1.50 bits per heavy atom. The zero-order valence-corrected chi connectivity index (χ0v) is 5.33. The van der Waals surface area contributed by atoms with E-state index in [2.05, 4.69) is 0 Å². The summed E-state index contributed by atoms with van der Waals surface area (Å²) in [6, 6.07) is 0. The Balaban J connectivity index is 3.17. The van der Waals surface area contributed by atoms with Gasteiger partial charge in [0.2, 0.25) is 0 Å². The first kappa shape index (κ1) is 7.84. The Morgan fingerprint density at radius 3 is 2.12 bits per heavy atom. The minimum Gasteiger partial charge on any atom is -0.329 e. The zero-order valence-electron chi connectivity index (χ0n) is 5.33. The quantitative estimate of drug-likeness (QED) is 0.473. The van der Waals surface area contributed by atoms with E-state index in [1.165, 1.54) is 0 Å². The number of rotatable bonds is 3. The van der Waals surface area contributed by atoms with E-state index in [-0.39, 0.29) is 0 Å². The van der Waals surface area contributed by atoms with Crippen molar-refractivity contribution in [3.05, 3.63) is 0 Å². The lowest BCUT2D eigenvalue weighted by atomic mass is 10.6. The van der Waals surface area contributed by atoms with Crippen LogP contribution in [0.15, 0.2) is 0 Å². The number of nitrogens with zero attached hydrogens (tertiary/aromatic N) is 2. The molecule has 0 heterocycles. The van der Waals surface area contributed by atoms with Gasteiger partial charge in [-0.15, -0.1) is 5.17 Å². The molecule has 0 saturated heterocycles. The van der Waals surface area contributed by atoms with E-state index < -0.39 is 0 Å². The fraction of sp³-hybridized carbons (Fsp3) is 1.00. The first-order valence-corrected chi connectivity index (χ1v) is 2.52. The summed E-state index contributed by atoms with van der Waals surface area (Å²) in [5, 5.41) is 11.3. The maximum absolute atomic E-state index is 8.66. The molecule has 0 aliphatic carbocycles. The molecule has 0 rings (SSSR count). The van der Waals surface area contributed by atoms with Crippen LogP contribution in [0.3, 0.4) is 0 Å². The van der Waals surface area contributed by atoms with Gasteiger partial charge in [0.05, 0.1) is 0 Å². The van der Waals surface area contributed by atoms with Gasteiger partial charge in [-0.2, -0.15) is 0 Å². The van der Waals surface area contributed by atoms with Gasteiger partial charge in [-0.05, 0) is 0 Å². The molecule has 0 amide bonds. The third-order valence-electron chi connectivity index (χ3n) is 0.947. The van der Waals surface area contributed by atoms with E-state index in [0.29, 0.717) is 13.1 Å². The number of hydrogen-bond acceptors (Lipinski definition) is 4. The van der Waals surface area contributed by atoms with Crippen LogP contribution in [-0.4, -0.2) is 42.6 Å². The summed E-state index contributed by atoms with van der Waals surface area (Å²) in [5.74, 6) is 0. The summed E-state index contributed by atoms with van der Waals surface area (Å²) < 4.78 is 0. The lowest BCUT2D eigenvalue weighted by Gasteiger charge is -2.20. The SMILES string of the molecule is CN(O)N(C)CCN. The van der Waals surface area contributed by atoms with Crippen LogP contribution in [0, 0.1) is 0 Å². The Kier molecular flexibility index (Phi) is 3.72. The van der Waals surface area contributed by atoms with Crippen molar-refractivity contribution in [2.45, 2.75) is 0 Å². The van der Waals surface area contributed by atoms with Gasteiger partial charge in [0.25, 0.3) is 0 Å². The number of hydrogen-bond donors (Lipinski definition) is 2. The maximum Gasteiger partial charge on any atom is 0.0288 e. The molecule has 0 spiro atoms. The van der Waals surface area contributed by atoms with Crippen LogP contribution in [0.1, 0.15) is 0 Å². The van der Waals surface area contributed by atoms with Gasteiger partial charge < -0.3 is 5.73 Å². The Bertz CT molecular complexity index is 57.2. The van der Waals surface area contributed by atoms with E-state index in [9.17, 15) is 0 Å². The fourth-order valence-corrected chi connectivity index (χ4v) is 0.332. The first-order chi connectivity index (χ1) is 3.68. The molecule has 4 heteroatoms. The van der Waals surface area contributed by atoms with Gasteiger partial charge in [0, 0.05) is 27.2 Å². The van der Waals surface area contributed by atoms with Crippen LogP contribution in [0.5, 0.6) is 0 Å². The molecule has 0 aliphatic heterocycles. The summed E-state index contributed by atoms with van der Waals surface area (Å²) in [6.45, 7) is 1.23. The minimum atomic E-state index is 0.557. The van der Waals surface area contributed by atoms with Crippen molar-refractivity contribution < 1.29 is 5.21 Å². The van der Waals surface area contributed by atoms with Crippen LogP contribution in [0.25, 0.3) is 0 Å². The van der Waals surface area contributed by atoms with Crippen LogP contribution in [-0.2, 0) is 0 Å². The Hall–Kier alpha value is -0.160. The Labute approximate surface area is 49.4 Å². The van der Waals surface area contributed by atoms with Gasteiger partial charge in [0.1, 0.15) is 0 Å². The number of hydroxylamine groups is 1. The molecular formula is C4H13N3O. The van der Waals surface area contributed by atoms with Gasteiger partial charge in [-0.1, -0.05) is 0 Å². The lowest BCUT2D eigenvalue weighted by molar-refractivity contribution is -0.213. The predicted molar refractivity (Wildman–Crippen MR) is 31.2 cm³/mol. The van der Waals surface area contributed by atoms with Crippen molar-refractivity contribution in [1.82, 2.24) is 10.2 Å². The summed E-state index contributed by atoms with van der Waals surface area (Å²) in [6.07, 6.45) is 0. The fourth-order valence-electron chi connectivity index (χ4n) is 0.332. The molecule has 0 aliphatic rings. The molecule has 0 saturated carbocycles. The lowest BCUT2D eigenvalue weighted by Crippen LogP contribution is -2.37. The molecule has 0 aromatic rings. The molecule has 0 aromatic heterocycles. The molecule has 0 unspecified atom stereocenters. The van der Waals surface area contributed by atoms with Crippen molar-refractivity contribution in [2.75, 3.05) is 27.2 Å². The average molecular weight is 119 g/mol. The van der Waals surface area contributed by atoms with E-state index in [0.717, 1.165) is 5.17 Å². The topological polar surface area (TPSA) is 52.7 Å². The van der Waals surface area contributed by atoms with Crippen LogP contribution >= 0.6 is 0 Å². The summed E-state index contributed by atoms with van der Waals surface area (Å²) >= 11 is 0. The van der Waals surface area contributed by atoms with Gasteiger partial charge in [-0.25, -0.2) is 5.01 Å². The maximum atomic E-state index is 8.66. The van der Waals surface area contributed by atoms with Crippen LogP contribution < -0.4 is 5.73 Å². The molecular weight excluding hydrogens is 106 g/mol. The summed E-state index contributed by atoms with van der Waals surface area (Å²) in [4.78, 5) is 0. The summed E-state index contributed by atoms with van der Waals surface area (Å²) in [7, 11) is 3.31. The van der Waals surface area contributed by atoms with Crippen molar-refractivity contribution in [3.8, 4) is 0 Å². The van der Waals surface area contributed by atoms with E-state index in [1.807, 2.05) is 0 Å². The number of nitrogens with two attached hydrogens (primary N) is 1. The molecule has 0 bridgehead atoms. The smallest absolute Gasteiger partial charge is 0.0288 e. The molecule has 0 aromatic carbocycles. The second-order valence-electron chi connectivity index (χ2n) is 1.66. The second kappa shape index (κ2) is 3.80.